The number of anilines is 3. The molecule has 0 spiro atoms. The third-order valence-corrected chi connectivity index (χ3v) is 2.86. The highest BCUT2D eigenvalue weighted by atomic mass is 79.9. The fraction of sp³-hybridized carbons (Fsp3) is 0.231. The Bertz CT molecular complexity index is 542. The average Bonchev–Trinajstić information content (AvgIpc) is 2.28. The maximum absolute atomic E-state index is 5.77. The molecule has 2 aromatic rings. The van der Waals surface area contributed by atoms with E-state index in [1.165, 1.54) is 0 Å². The van der Waals surface area contributed by atoms with Crippen LogP contribution in [-0.2, 0) is 6.42 Å². The maximum atomic E-state index is 5.77. The van der Waals surface area contributed by atoms with Crippen molar-refractivity contribution in [1.29, 1.82) is 0 Å². The molecular formula is C13H15BrN4. The van der Waals surface area contributed by atoms with Gasteiger partial charge in [-0.25, -0.2) is 9.97 Å². The molecule has 0 fully saturated rings. The van der Waals surface area contributed by atoms with Crippen LogP contribution >= 0.6 is 15.9 Å². The predicted molar refractivity (Wildman–Crippen MR) is 77.9 cm³/mol. The Hall–Kier alpha value is -1.62. The minimum absolute atomic E-state index is 0.492. The number of nitrogen functional groups attached to an aromatic ring is 1. The molecule has 0 unspecified atom stereocenters. The molecule has 4 nitrogen and oxygen atoms in total. The van der Waals surface area contributed by atoms with Crippen LogP contribution < -0.4 is 11.1 Å². The Kier molecular flexibility index (Phi) is 4.15. The summed E-state index contributed by atoms with van der Waals surface area (Å²) in [6, 6.07) is 9.63. The Labute approximate surface area is 115 Å². The van der Waals surface area contributed by atoms with Gasteiger partial charge in [-0.1, -0.05) is 28.9 Å². The van der Waals surface area contributed by atoms with Gasteiger partial charge in [0.1, 0.15) is 17.5 Å². The summed E-state index contributed by atoms with van der Waals surface area (Å²) in [4.78, 5) is 8.63. The molecule has 0 aliphatic rings. The summed E-state index contributed by atoms with van der Waals surface area (Å²) in [7, 11) is 0. The van der Waals surface area contributed by atoms with Gasteiger partial charge in [0.05, 0.1) is 0 Å². The minimum Gasteiger partial charge on any atom is -0.384 e. The van der Waals surface area contributed by atoms with Crippen LogP contribution in [0, 0.1) is 0 Å². The number of aromatic nitrogens is 2. The normalized spacial score (nSPS) is 10.3. The number of aryl methyl sites for hydroxylation is 1. The van der Waals surface area contributed by atoms with Crippen molar-refractivity contribution in [2.75, 3.05) is 11.1 Å². The van der Waals surface area contributed by atoms with Gasteiger partial charge in [-0.3, -0.25) is 0 Å². The lowest BCUT2D eigenvalue weighted by molar-refractivity contribution is 0.839. The van der Waals surface area contributed by atoms with Crippen LogP contribution in [0.5, 0.6) is 0 Å². The van der Waals surface area contributed by atoms with Crippen LogP contribution in [0.25, 0.3) is 0 Å². The zero-order chi connectivity index (χ0) is 13.0. The second-order valence-electron chi connectivity index (χ2n) is 3.98. The van der Waals surface area contributed by atoms with Crippen molar-refractivity contribution in [1.82, 2.24) is 9.97 Å². The van der Waals surface area contributed by atoms with Gasteiger partial charge in [0.2, 0.25) is 0 Å². The fourth-order valence-corrected chi connectivity index (χ4v) is 2.03. The first-order chi connectivity index (χ1) is 8.67. The summed E-state index contributed by atoms with van der Waals surface area (Å²) in [6.45, 7) is 2.09. The summed E-state index contributed by atoms with van der Waals surface area (Å²) >= 11 is 3.43. The highest BCUT2D eigenvalue weighted by Gasteiger charge is 2.03. The third kappa shape index (κ3) is 3.43. The molecule has 1 aromatic heterocycles. The van der Waals surface area contributed by atoms with E-state index >= 15 is 0 Å². The third-order valence-electron chi connectivity index (χ3n) is 2.36. The van der Waals surface area contributed by atoms with Gasteiger partial charge in [0, 0.05) is 22.6 Å². The number of rotatable bonds is 4. The largest absolute Gasteiger partial charge is 0.384 e. The molecule has 0 atom stereocenters. The van der Waals surface area contributed by atoms with Gasteiger partial charge in [0.25, 0.3) is 0 Å². The van der Waals surface area contributed by atoms with Crippen molar-refractivity contribution in [2.45, 2.75) is 19.8 Å². The average molecular weight is 307 g/mol. The molecule has 1 aromatic carbocycles. The molecule has 18 heavy (non-hydrogen) atoms. The van der Waals surface area contributed by atoms with E-state index in [-0.39, 0.29) is 0 Å². The van der Waals surface area contributed by atoms with Gasteiger partial charge in [-0.15, -0.1) is 0 Å². The number of nitrogens with one attached hydrogen (secondary N) is 1. The lowest BCUT2D eigenvalue weighted by Gasteiger charge is -2.08. The highest BCUT2D eigenvalue weighted by Crippen LogP contribution is 2.20. The number of hydrogen-bond donors (Lipinski definition) is 2. The fourth-order valence-electron chi connectivity index (χ4n) is 1.63. The first kappa shape index (κ1) is 12.8. The summed E-state index contributed by atoms with van der Waals surface area (Å²) < 4.78 is 1.02. The Balaban J connectivity index is 2.23. The van der Waals surface area contributed by atoms with Gasteiger partial charge in [-0.05, 0) is 24.6 Å². The van der Waals surface area contributed by atoms with Crippen LogP contribution in [-0.4, -0.2) is 9.97 Å². The van der Waals surface area contributed by atoms with Crippen LogP contribution in [0.4, 0.5) is 17.3 Å². The Morgan fingerprint density at radius 1 is 1.28 bits per heavy atom. The summed E-state index contributed by atoms with van der Waals surface area (Å²) in [5.41, 5.74) is 6.74. The van der Waals surface area contributed by atoms with Crippen molar-refractivity contribution in [3.63, 3.8) is 0 Å². The maximum Gasteiger partial charge on any atom is 0.136 e. The van der Waals surface area contributed by atoms with E-state index in [0.717, 1.165) is 34.6 Å². The summed E-state index contributed by atoms with van der Waals surface area (Å²) in [5, 5.41) is 3.22. The van der Waals surface area contributed by atoms with Crippen LogP contribution in [0.15, 0.2) is 34.8 Å². The zero-order valence-electron chi connectivity index (χ0n) is 10.2. The van der Waals surface area contributed by atoms with E-state index in [4.69, 9.17) is 5.73 Å². The second kappa shape index (κ2) is 5.82. The molecule has 0 bridgehead atoms. The molecule has 94 valence electrons. The second-order valence-corrected chi connectivity index (χ2v) is 4.90. The Morgan fingerprint density at radius 3 is 2.83 bits per heavy atom. The molecule has 0 aliphatic heterocycles. The van der Waals surface area contributed by atoms with E-state index < -0.39 is 0 Å². The lowest BCUT2D eigenvalue weighted by Crippen LogP contribution is -2.03. The van der Waals surface area contributed by atoms with E-state index in [9.17, 15) is 0 Å². The van der Waals surface area contributed by atoms with Gasteiger partial charge >= 0.3 is 0 Å². The van der Waals surface area contributed by atoms with Crippen molar-refractivity contribution in [3.05, 3.63) is 40.6 Å². The molecule has 0 saturated heterocycles. The van der Waals surface area contributed by atoms with Gasteiger partial charge in [0.15, 0.2) is 0 Å². The van der Waals surface area contributed by atoms with Crippen molar-refractivity contribution < 1.29 is 0 Å². The van der Waals surface area contributed by atoms with Crippen LogP contribution in [0.1, 0.15) is 19.2 Å². The summed E-state index contributed by atoms with van der Waals surface area (Å²) in [6.07, 6.45) is 1.83. The monoisotopic (exact) mass is 306 g/mol. The molecule has 3 N–H and O–H groups in total. The van der Waals surface area contributed by atoms with Crippen LogP contribution in [0.2, 0.25) is 0 Å². The topological polar surface area (TPSA) is 63.8 Å². The molecule has 0 amide bonds. The van der Waals surface area contributed by atoms with Crippen molar-refractivity contribution >= 4 is 33.3 Å². The highest BCUT2D eigenvalue weighted by molar-refractivity contribution is 9.10. The molecular weight excluding hydrogens is 292 g/mol. The van der Waals surface area contributed by atoms with Crippen molar-refractivity contribution in [3.8, 4) is 0 Å². The van der Waals surface area contributed by atoms with E-state index in [2.05, 4.69) is 38.1 Å². The first-order valence-corrected chi connectivity index (χ1v) is 6.62. The number of nitrogens with two attached hydrogens (primary N) is 1. The number of halogens is 1. The molecule has 1 heterocycles. The van der Waals surface area contributed by atoms with Gasteiger partial charge in [-0.2, -0.15) is 0 Å². The minimum atomic E-state index is 0.492. The Morgan fingerprint density at radius 2 is 2.11 bits per heavy atom. The SMILES string of the molecule is CCCc1nc(N)cc(Nc2cccc(Br)c2)n1. The van der Waals surface area contributed by atoms with Crippen molar-refractivity contribution in [2.24, 2.45) is 0 Å². The molecule has 0 radical (unpaired) electrons. The smallest absolute Gasteiger partial charge is 0.136 e. The molecule has 2 rings (SSSR count). The lowest BCUT2D eigenvalue weighted by atomic mass is 10.3. The number of nitrogens with zero attached hydrogens (tertiary/aromatic N) is 2. The standard InChI is InChI=1S/C13H15BrN4/c1-2-4-12-17-11(15)8-13(18-12)16-10-6-3-5-9(14)7-10/h3,5-8H,2,4H2,1H3,(H3,15,16,17,18). The number of hydrogen-bond acceptors (Lipinski definition) is 4. The van der Waals surface area contributed by atoms with E-state index in [1.54, 1.807) is 6.07 Å². The zero-order valence-corrected chi connectivity index (χ0v) is 11.7. The van der Waals surface area contributed by atoms with E-state index in [1.807, 2.05) is 24.3 Å². The van der Waals surface area contributed by atoms with Crippen LogP contribution in [0.3, 0.4) is 0 Å². The van der Waals surface area contributed by atoms with Gasteiger partial charge < -0.3 is 11.1 Å². The molecule has 5 heteroatoms. The van der Waals surface area contributed by atoms with E-state index in [0.29, 0.717) is 5.82 Å². The molecule has 0 saturated carbocycles. The number of benzene rings is 1. The first-order valence-electron chi connectivity index (χ1n) is 5.83. The molecule has 0 aliphatic carbocycles. The summed E-state index contributed by atoms with van der Waals surface area (Å²) in [5.74, 6) is 1.99. The quantitative estimate of drug-likeness (QED) is 0.907. The predicted octanol–water partition coefficient (Wildman–Crippen LogP) is 3.52.